The Labute approximate surface area is 427 Å². The lowest BCUT2D eigenvalue weighted by Crippen LogP contribution is -2.61. The van der Waals surface area contributed by atoms with Crippen LogP contribution < -0.4 is 11.5 Å². The topological polar surface area (TPSA) is 266 Å². The van der Waals surface area contributed by atoms with Crippen molar-refractivity contribution in [2.75, 3.05) is 34.9 Å². The number of carbonyl (C=O) groups is 5. The average molecular weight is 1010 g/mol. The Hall–Kier alpha value is -4.59. The maximum atomic E-state index is 14.5. The summed E-state index contributed by atoms with van der Waals surface area (Å²) in [5.74, 6) is -8.46. The first kappa shape index (κ1) is 60.0. The number of amides is 1. The first-order valence-corrected chi connectivity index (χ1v) is 25.9. The molecule has 3 heterocycles. The maximum Gasteiger partial charge on any atom is 0.329 e. The Bertz CT molecular complexity index is 2070. The number of rotatable bonds is 6. The van der Waals surface area contributed by atoms with Crippen LogP contribution in [0.3, 0.4) is 0 Å². The van der Waals surface area contributed by atoms with Crippen molar-refractivity contribution in [1.82, 2.24) is 9.80 Å². The number of aliphatic hydroxyl groups excluding tert-OH is 2. The van der Waals surface area contributed by atoms with Gasteiger partial charge in [0.05, 0.1) is 24.4 Å². The SMILES string of the molecule is CO[C@@H]1C[C@@H](CC(C)[C@@H]2CC(=O)[C@H](C)/C=C(\C)[C@@H](O)[C@@H](OC)C(=O)[C@H](C)C[C@H](C)/C=C/C=C/C=C(/C)[C@H](N=C(N)/N=C(\N)N(C)C)C[C@@H]3CC[C@@H](C)[C@@](O)(O3)C(=O)C(=O)N3CCCCC3C(=O)O2)CC[C@H]1O. The summed E-state index contributed by atoms with van der Waals surface area (Å²) in [7, 11) is 6.35. The number of methoxy groups -OCH3 is 2. The number of allylic oxidation sites excluding steroid dienone is 6. The first-order valence-electron chi connectivity index (χ1n) is 25.9. The number of ketones is 3. The summed E-state index contributed by atoms with van der Waals surface area (Å²) in [5, 5.41) is 34.2. The van der Waals surface area contributed by atoms with Crippen molar-refractivity contribution in [3.05, 3.63) is 47.6 Å². The van der Waals surface area contributed by atoms with E-state index in [1.165, 1.54) is 7.11 Å². The molecule has 0 aromatic heterocycles. The summed E-state index contributed by atoms with van der Waals surface area (Å²) in [4.78, 5) is 83.0. The molecule has 18 nitrogen and oxygen atoms in total. The molecule has 404 valence electrons. The zero-order chi connectivity index (χ0) is 53.6. The summed E-state index contributed by atoms with van der Waals surface area (Å²) in [6.07, 6.45) is 10.5. The van der Waals surface area contributed by atoms with Crippen molar-refractivity contribution in [3.8, 4) is 0 Å². The molecule has 2 bridgehead atoms. The van der Waals surface area contributed by atoms with E-state index in [0.29, 0.717) is 63.4 Å². The van der Waals surface area contributed by atoms with Gasteiger partial charge in [0.2, 0.25) is 11.7 Å². The molecule has 3 fully saturated rings. The molecule has 4 aliphatic rings. The number of Topliss-reactive ketones (excluding diaryl/α,β-unsaturated/α-hetero) is 3. The number of guanidine groups is 2. The molecular formula is C54H86N6O12. The zero-order valence-corrected chi connectivity index (χ0v) is 44.7. The highest BCUT2D eigenvalue weighted by atomic mass is 16.6. The summed E-state index contributed by atoms with van der Waals surface area (Å²) < 4.78 is 23.7. The molecular weight excluding hydrogens is 925 g/mol. The van der Waals surface area contributed by atoms with Crippen molar-refractivity contribution in [2.45, 2.75) is 180 Å². The molecule has 18 heteroatoms. The van der Waals surface area contributed by atoms with Gasteiger partial charge in [-0.3, -0.25) is 19.2 Å². The van der Waals surface area contributed by atoms with Gasteiger partial charge < -0.3 is 55.5 Å². The largest absolute Gasteiger partial charge is 0.460 e. The fraction of sp³-hybridized carbons (Fsp3) is 0.722. The Morgan fingerprint density at radius 1 is 0.917 bits per heavy atom. The predicted molar refractivity (Wildman–Crippen MR) is 275 cm³/mol. The molecule has 3 aliphatic heterocycles. The fourth-order valence-electron chi connectivity index (χ4n) is 10.4. The monoisotopic (exact) mass is 1010 g/mol. The maximum absolute atomic E-state index is 14.5. The second-order valence-electron chi connectivity index (χ2n) is 21.2. The highest BCUT2D eigenvalue weighted by molar-refractivity contribution is 6.39. The van der Waals surface area contributed by atoms with Crippen LogP contribution in [0.2, 0.25) is 0 Å². The molecule has 0 aromatic rings. The van der Waals surface area contributed by atoms with Crippen molar-refractivity contribution in [3.63, 3.8) is 0 Å². The van der Waals surface area contributed by atoms with Crippen LogP contribution in [0.4, 0.5) is 0 Å². The number of ether oxygens (including phenoxy) is 4. The smallest absolute Gasteiger partial charge is 0.329 e. The number of aliphatic imine (C=N–C) groups is 2. The number of aliphatic hydroxyl groups is 3. The molecule has 2 unspecified atom stereocenters. The van der Waals surface area contributed by atoms with E-state index in [2.05, 4.69) is 9.98 Å². The van der Waals surface area contributed by atoms with Crippen molar-refractivity contribution < 1.29 is 58.2 Å². The molecule has 0 radical (unpaired) electrons. The highest BCUT2D eigenvalue weighted by Crippen LogP contribution is 2.38. The lowest BCUT2D eigenvalue weighted by Gasteiger charge is -2.42. The van der Waals surface area contributed by atoms with Gasteiger partial charge in [-0.1, -0.05) is 71.1 Å². The molecule has 1 saturated carbocycles. The van der Waals surface area contributed by atoms with Crippen LogP contribution in [0.15, 0.2) is 57.6 Å². The second kappa shape index (κ2) is 27.6. The fourth-order valence-corrected chi connectivity index (χ4v) is 10.4. The number of piperidine rings is 1. The number of hydrogen-bond donors (Lipinski definition) is 5. The van der Waals surface area contributed by atoms with Crippen LogP contribution in [0.5, 0.6) is 0 Å². The number of fused-ring (bicyclic) bond motifs is 3. The summed E-state index contributed by atoms with van der Waals surface area (Å²) in [5.41, 5.74) is 13.5. The third-order valence-corrected chi connectivity index (χ3v) is 15.2. The molecule has 7 N–H and O–H groups in total. The van der Waals surface area contributed by atoms with Crippen LogP contribution in [-0.4, -0.2) is 156 Å². The van der Waals surface area contributed by atoms with E-state index in [-0.39, 0.29) is 73.2 Å². The van der Waals surface area contributed by atoms with E-state index in [4.69, 9.17) is 30.4 Å². The molecule has 0 aromatic carbocycles. The van der Waals surface area contributed by atoms with Gasteiger partial charge >= 0.3 is 5.97 Å². The molecule has 0 spiro atoms. The van der Waals surface area contributed by atoms with E-state index >= 15 is 0 Å². The molecule has 1 amide bonds. The van der Waals surface area contributed by atoms with E-state index < -0.39 is 83.8 Å². The minimum absolute atomic E-state index is 0.0358. The molecule has 15 atom stereocenters. The van der Waals surface area contributed by atoms with Gasteiger partial charge in [0.1, 0.15) is 30.1 Å². The number of nitrogens with zero attached hydrogens (tertiary/aromatic N) is 4. The summed E-state index contributed by atoms with van der Waals surface area (Å²) >= 11 is 0. The third-order valence-electron chi connectivity index (χ3n) is 15.2. The van der Waals surface area contributed by atoms with Crippen LogP contribution in [-0.2, 0) is 42.9 Å². The minimum atomic E-state index is -2.53. The van der Waals surface area contributed by atoms with E-state index in [9.17, 15) is 39.3 Å². The van der Waals surface area contributed by atoms with E-state index in [0.717, 1.165) is 10.5 Å². The lowest BCUT2D eigenvalue weighted by molar-refractivity contribution is -0.263. The number of esters is 1. The van der Waals surface area contributed by atoms with E-state index in [1.807, 2.05) is 51.2 Å². The average Bonchev–Trinajstić information content (AvgIpc) is 3.34. The van der Waals surface area contributed by atoms with Gasteiger partial charge in [0.25, 0.3) is 11.7 Å². The van der Waals surface area contributed by atoms with Gasteiger partial charge in [0, 0.05) is 65.5 Å². The Morgan fingerprint density at radius 2 is 1.62 bits per heavy atom. The summed E-state index contributed by atoms with van der Waals surface area (Å²) in [6.45, 7) is 12.5. The zero-order valence-electron chi connectivity index (χ0n) is 44.7. The normalized spacial score (nSPS) is 38.1. The van der Waals surface area contributed by atoms with Gasteiger partial charge in [-0.05, 0) is 107 Å². The van der Waals surface area contributed by atoms with Crippen LogP contribution in [0.1, 0.15) is 126 Å². The summed E-state index contributed by atoms with van der Waals surface area (Å²) in [6, 6.07) is -1.85. The van der Waals surface area contributed by atoms with Gasteiger partial charge in [0.15, 0.2) is 11.7 Å². The quantitative estimate of drug-likeness (QED) is 0.0792. The Balaban J connectivity index is 1.76. The van der Waals surface area contributed by atoms with Crippen molar-refractivity contribution in [2.24, 2.45) is 57.0 Å². The third kappa shape index (κ3) is 16.2. The minimum Gasteiger partial charge on any atom is -0.460 e. The number of cyclic esters (lactones) is 1. The lowest BCUT2D eigenvalue weighted by atomic mass is 9.78. The van der Waals surface area contributed by atoms with Crippen LogP contribution in [0, 0.1) is 35.5 Å². The van der Waals surface area contributed by atoms with Crippen LogP contribution in [0.25, 0.3) is 0 Å². The predicted octanol–water partition coefficient (Wildman–Crippen LogP) is 4.73. The van der Waals surface area contributed by atoms with Gasteiger partial charge in [-0.25, -0.2) is 9.79 Å². The van der Waals surface area contributed by atoms with Crippen molar-refractivity contribution >= 4 is 41.1 Å². The highest BCUT2D eigenvalue weighted by Gasteiger charge is 2.53. The first-order chi connectivity index (χ1) is 33.9. The molecule has 72 heavy (non-hydrogen) atoms. The van der Waals surface area contributed by atoms with Gasteiger partial charge in [-0.2, -0.15) is 4.99 Å². The molecule has 1 aliphatic carbocycles. The molecule has 2 saturated heterocycles. The number of hydrogen-bond acceptors (Lipinski definition) is 13. The number of nitrogens with two attached hydrogens (primary N) is 2. The van der Waals surface area contributed by atoms with Crippen LogP contribution >= 0.6 is 0 Å². The van der Waals surface area contributed by atoms with Gasteiger partial charge in [-0.15, -0.1) is 0 Å². The Kier molecular flexibility index (Phi) is 23.0. The van der Waals surface area contributed by atoms with Crippen molar-refractivity contribution in [1.29, 1.82) is 0 Å². The number of carbonyl (C=O) groups excluding carboxylic acids is 5. The standard InChI is InChI=1S/C54H86N6O12/c1-31-17-13-12-14-18-32(2)40(57-52(55)58-53(56)59(8)9)29-39-22-20-37(7)54(68,72-39)49(65)50(66)60-24-16-15-19-41(60)51(67)71-44(34(4)27-38-21-23-42(61)45(28-38)69-10)30-43(62)33(3)26-36(6)47(64)48(70-11)46(63)35(5)25-31/h12-14,17-18,26,31,33-35,37-42,44-45,47-48,61,64,68H,15-16,19-25,27-30H2,1-11H3,(H4,55,56,57,58)/b14-12+,17-13+,32-18-,36-26+/t31-,33-,34?,35-,37-,38-,39+,40-,41?,42-,44+,45-,47-,48+,54-/m1/s1. The van der Waals surface area contributed by atoms with E-state index in [1.54, 1.807) is 59.9 Å². The molecule has 4 rings (SSSR count). The second-order valence-corrected chi connectivity index (χ2v) is 21.2. The Morgan fingerprint density at radius 3 is 2.29 bits per heavy atom.